The maximum atomic E-state index is 6.36. The average molecular weight is 466 g/mol. The van der Waals surface area contributed by atoms with E-state index < -0.39 is 5.41 Å². The van der Waals surface area contributed by atoms with E-state index in [-0.39, 0.29) is 12.0 Å². The Kier molecular flexibility index (Phi) is 5.16. The Balaban J connectivity index is 1.56. The van der Waals surface area contributed by atoms with Crippen LogP contribution in [0.5, 0.6) is 5.88 Å². The molecule has 1 aliphatic carbocycles. The second kappa shape index (κ2) is 7.91. The molecule has 0 radical (unpaired) electrons. The number of aromatic nitrogens is 7. The van der Waals surface area contributed by atoms with Crippen LogP contribution in [0.15, 0.2) is 35.0 Å². The van der Waals surface area contributed by atoms with Gasteiger partial charge in [-0.15, -0.1) is 5.10 Å². The van der Waals surface area contributed by atoms with Gasteiger partial charge in [-0.25, -0.2) is 9.67 Å². The zero-order chi connectivity index (χ0) is 23.3. The van der Waals surface area contributed by atoms with Gasteiger partial charge in [0, 0.05) is 19.2 Å². The number of ether oxygens (including phenoxy) is 1. The largest absolute Gasteiger partial charge is 0.474 e. The maximum Gasteiger partial charge on any atom is 0.259 e. The summed E-state index contributed by atoms with van der Waals surface area (Å²) in [5.74, 6) is 1.96. The average Bonchev–Trinajstić information content (AvgIpc) is 3.48. The first-order chi connectivity index (χ1) is 15.8. The second-order valence-electron chi connectivity index (χ2n) is 8.82. The van der Waals surface area contributed by atoms with Crippen molar-refractivity contribution in [2.24, 2.45) is 7.05 Å². The molecule has 0 spiro atoms. The minimum Gasteiger partial charge on any atom is -0.474 e. The molecule has 4 aromatic rings. The molecular weight excluding hydrogens is 442 g/mol. The van der Waals surface area contributed by atoms with E-state index in [9.17, 15) is 0 Å². The number of pyridine rings is 1. The summed E-state index contributed by atoms with van der Waals surface area (Å²) in [5, 5.41) is 17.1. The zero-order valence-corrected chi connectivity index (χ0v) is 19.8. The van der Waals surface area contributed by atoms with Crippen molar-refractivity contribution in [3.05, 3.63) is 63.8 Å². The van der Waals surface area contributed by atoms with Crippen LogP contribution in [0, 0.1) is 6.92 Å². The van der Waals surface area contributed by atoms with Gasteiger partial charge in [0.25, 0.3) is 5.89 Å². The first kappa shape index (κ1) is 21.5. The molecule has 2 atom stereocenters. The molecule has 1 unspecified atom stereocenters. The third-order valence-electron chi connectivity index (χ3n) is 6.31. The lowest BCUT2D eigenvalue weighted by Gasteiger charge is -2.29. The standard InChI is InChI=1S/C23H24ClN7O2/c1-12(2)32-21-18(24)9-14(11-25-21)20-26-19(28-33-20)17-10-15-13(3)7-6-8-16(15)23(17,4)22-27-29-30-31(22)5/h6-9,11-12,17H,10H2,1-5H3/t17?,23-/m0/s1. The Labute approximate surface area is 196 Å². The Hall–Kier alpha value is -3.33. The number of aryl methyl sites for hydroxylation is 2. The Morgan fingerprint density at radius 3 is 2.82 bits per heavy atom. The van der Waals surface area contributed by atoms with Crippen LogP contribution in [0.1, 0.15) is 55.0 Å². The minimum absolute atomic E-state index is 0.0314. The molecule has 1 aliphatic rings. The summed E-state index contributed by atoms with van der Waals surface area (Å²) in [6, 6.07) is 8.04. The lowest BCUT2D eigenvalue weighted by atomic mass is 9.75. The highest BCUT2D eigenvalue weighted by molar-refractivity contribution is 6.32. The first-order valence-electron chi connectivity index (χ1n) is 10.8. The maximum absolute atomic E-state index is 6.36. The minimum atomic E-state index is -0.522. The van der Waals surface area contributed by atoms with Crippen molar-refractivity contribution >= 4 is 11.6 Å². The Morgan fingerprint density at radius 1 is 1.30 bits per heavy atom. The van der Waals surface area contributed by atoms with Crippen LogP contribution in [0.25, 0.3) is 11.5 Å². The molecule has 0 saturated carbocycles. The smallest absolute Gasteiger partial charge is 0.259 e. The van der Waals surface area contributed by atoms with Gasteiger partial charge >= 0.3 is 0 Å². The van der Waals surface area contributed by atoms with Gasteiger partial charge in [0.1, 0.15) is 5.02 Å². The van der Waals surface area contributed by atoms with Gasteiger partial charge in [0.15, 0.2) is 11.6 Å². The molecule has 0 bridgehead atoms. The molecule has 0 fully saturated rings. The lowest BCUT2D eigenvalue weighted by Crippen LogP contribution is -2.32. The molecule has 3 aromatic heterocycles. The number of rotatable bonds is 5. The highest BCUT2D eigenvalue weighted by atomic mass is 35.5. The highest BCUT2D eigenvalue weighted by Crippen LogP contribution is 2.52. The van der Waals surface area contributed by atoms with Crippen LogP contribution in [0.2, 0.25) is 5.02 Å². The molecule has 0 N–H and O–H groups in total. The van der Waals surface area contributed by atoms with Crippen LogP contribution >= 0.6 is 11.6 Å². The molecule has 10 heteroatoms. The van der Waals surface area contributed by atoms with E-state index >= 15 is 0 Å². The molecule has 9 nitrogen and oxygen atoms in total. The van der Waals surface area contributed by atoms with Crippen molar-refractivity contribution in [2.75, 3.05) is 0 Å². The Bertz CT molecular complexity index is 1330. The van der Waals surface area contributed by atoms with Gasteiger partial charge < -0.3 is 9.26 Å². The number of tetrazole rings is 1. The van der Waals surface area contributed by atoms with E-state index in [4.69, 9.17) is 25.8 Å². The third kappa shape index (κ3) is 3.47. The number of halogens is 1. The molecule has 33 heavy (non-hydrogen) atoms. The quantitative estimate of drug-likeness (QED) is 0.434. The molecular formula is C23H24ClN7O2. The molecule has 0 aliphatic heterocycles. The molecule has 3 heterocycles. The summed E-state index contributed by atoms with van der Waals surface area (Å²) >= 11 is 6.36. The topological polar surface area (TPSA) is 105 Å². The predicted octanol–water partition coefficient (Wildman–Crippen LogP) is 4.05. The van der Waals surface area contributed by atoms with E-state index in [1.54, 1.807) is 16.9 Å². The fourth-order valence-electron chi connectivity index (χ4n) is 4.70. The van der Waals surface area contributed by atoms with Gasteiger partial charge in [-0.3, -0.25) is 0 Å². The SMILES string of the molecule is Cc1cccc2c1CC(c1noc(-c3cnc(OC(C)C)c(Cl)c3)n1)[C@@]2(C)c1nnnn1C. The van der Waals surface area contributed by atoms with Crippen molar-refractivity contribution in [3.63, 3.8) is 0 Å². The van der Waals surface area contributed by atoms with E-state index in [0.717, 1.165) is 12.2 Å². The zero-order valence-electron chi connectivity index (χ0n) is 19.1. The number of fused-ring (bicyclic) bond motifs is 1. The molecule has 1 aromatic carbocycles. The van der Waals surface area contributed by atoms with Gasteiger partial charge in [0.05, 0.1) is 17.1 Å². The number of hydrogen-bond donors (Lipinski definition) is 0. The van der Waals surface area contributed by atoms with Crippen LogP contribution in [-0.4, -0.2) is 41.4 Å². The highest BCUT2D eigenvalue weighted by Gasteiger charge is 2.50. The predicted molar refractivity (Wildman–Crippen MR) is 121 cm³/mol. The van der Waals surface area contributed by atoms with Crippen LogP contribution in [0.3, 0.4) is 0 Å². The fraction of sp³-hybridized carbons (Fsp3) is 0.391. The van der Waals surface area contributed by atoms with E-state index in [1.807, 2.05) is 20.9 Å². The van der Waals surface area contributed by atoms with Crippen molar-refractivity contribution in [3.8, 4) is 17.3 Å². The van der Waals surface area contributed by atoms with Gasteiger partial charge in [-0.1, -0.05) is 35.0 Å². The number of benzene rings is 1. The van der Waals surface area contributed by atoms with Gasteiger partial charge in [-0.05, 0) is 67.3 Å². The summed E-state index contributed by atoms with van der Waals surface area (Å²) in [7, 11) is 1.85. The molecule has 0 saturated heterocycles. The lowest BCUT2D eigenvalue weighted by molar-refractivity contribution is 0.233. The monoisotopic (exact) mass is 465 g/mol. The van der Waals surface area contributed by atoms with Crippen molar-refractivity contribution in [1.82, 2.24) is 35.3 Å². The molecule has 5 rings (SSSR count). The molecule has 0 amide bonds. The van der Waals surface area contributed by atoms with Crippen molar-refractivity contribution in [2.45, 2.75) is 51.6 Å². The van der Waals surface area contributed by atoms with Crippen molar-refractivity contribution < 1.29 is 9.26 Å². The number of nitrogens with zero attached hydrogens (tertiary/aromatic N) is 7. The summed E-state index contributed by atoms with van der Waals surface area (Å²) in [6.45, 7) is 8.09. The number of hydrogen-bond acceptors (Lipinski definition) is 8. The molecule has 170 valence electrons. The summed E-state index contributed by atoms with van der Waals surface area (Å²) in [5.41, 5.74) is 3.77. The van der Waals surface area contributed by atoms with Gasteiger partial charge in [0.2, 0.25) is 5.88 Å². The Morgan fingerprint density at radius 2 is 2.12 bits per heavy atom. The van der Waals surface area contributed by atoms with Crippen LogP contribution in [-0.2, 0) is 18.9 Å². The second-order valence-corrected chi connectivity index (χ2v) is 9.23. The van der Waals surface area contributed by atoms with Crippen molar-refractivity contribution in [1.29, 1.82) is 0 Å². The van der Waals surface area contributed by atoms with E-state index in [1.165, 1.54) is 16.7 Å². The third-order valence-corrected chi connectivity index (χ3v) is 6.59. The van der Waals surface area contributed by atoms with E-state index in [0.29, 0.717) is 28.2 Å². The summed E-state index contributed by atoms with van der Waals surface area (Å²) in [6.07, 6.45) is 2.35. The van der Waals surface area contributed by atoms with E-state index in [2.05, 4.69) is 57.7 Å². The summed E-state index contributed by atoms with van der Waals surface area (Å²) in [4.78, 5) is 9.06. The fourth-order valence-corrected chi connectivity index (χ4v) is 4.91. The van der Waals surface area contributed by atoms with Gasteiger partial charge in [-0.2, -0.15) is 4.98 Å². The van der Waals surface area contributed by atoms with Crippen LogP contribution < -0.4 is 4.74 Å². The van der Waals surface area contributed by atoms with Crippen LogP contribution in [0.4, 0.5) is 0 Å². The summed E-state index contributed by atoms with van der Waals surface area (Å²) < 4.78 is 13.0. The first-order valence-corrected chi connectivity index (χ1v) is 11.1. The normalized spacial score (nSPS) is 19.8.